The molecule has 0 aliphatic heterocycles. The van der Waals surface area contributed by atoms with Gasteiger partial charge in [-0.3, -0.25) is 0 Å². The van der Waals surface area contributed by atoms with Crippen LogP contribution in [-0.4, -0.2) is 38.7 Å². The number of furan rings is 1. The summed E-state index contributed by atoms with van der Waals surface area (Å²) in [5, 5.41) is 12.0. The number of hydrogen-bond acceptors (Lipinski definition) is 4. The topological polar surface area (TPSA) is 71.5 Å². The molecule has 8 heteroatoms. The van der Waals surface area contributed by atoms with Gasteiger partial charge < -0.3 is 19.2 Å². The van der Waals surface area contributed by atoms with Crippen LogP contribution in [0.15, 0.2) is 21.7 Å². The highest BCUT2D eigenvalue weighted by molar-refractivity contribution is 14.0. The molecule has 2 aromatic rings. The van der Waals surface area contributed by atoms with Gasteiger partial charge in [-0.1, -0.05) is 12.8 Å². The third-order valence-corrected chi connectivity index (χ3v) is 4.98. The molecule has 1 saturated carbocycles. The zero-order chi connectivity index (χ0) is 17.8. The van der Waals surface area contributed by atoms with Crippen LogP contribution in [0, 0.1) is 13.8 Å². The van der Waals surface area contributed by atoms with Crippen molar-refractivity contribution in [2.24, 2.45) is 12.0 Å². The maximum absolute atomic E-state index is 5.42. The average Bonchev–Trinajstić information content (AvgIpc) is 3.31. The van der Waals surface area contributed by atoms with Crippen molar-refractivity contribution in [1.29, 1.82) is 0 Å². The Labute approximate surface area is 172 Å². The van der Waals surface area contributed by atoms with Gasteiger partial charge in [-0.25, -0.2) is 4.99 Å². The summed E-state index contributed by atoms with van der Waals surface area (Å²) in [6.45, 7) is 5.22. The SMILES string of the molecule is Cc1occc1CN(C)C(=NCc1nnc(C)n1C)NC1CCCC1.I. The summed E-state index contributed by atoms with van der Waals surface area (Å²) in [6, 6.07) is 2.53. The number of aryl methyl sites for hydroxylation is 2. The van der Waals surface area contributed by atoms with Crippen LogP contribution in [0.1, 0.15) is 48.7 Å². The maximum atomic E-state index is 5.42. The number of aromatic nitrogens is 3. The fourth-order valence-electron chi connectivity index (χ4n) is 3.17. The number of nitrogens with one attached hydrogen (secondary N) is 1. The van der Waals surface area contributed by atoms with Crippen LogP contribution in [0.2, 0.25) is 0 Å². The van der Waals surface area contributed by atoms with Gasteiger partial charge in [0.05, 0.1) is 6.26 Å². The zero-order valence-corrected chi connectivity index (χ0v) is 18.4. The normalized spacial score (nSPS) is 15.2. The lowest BCUT2D eigenvalue weighted by molar-refractivity contribution is 0.447. The fourth-order valence-corrected chi connectivity index (χ4v) is 3.17. The predicted molar refractivity (Wildman–Crippen MR) is 113 cm³/mol. The van der Waals surface area contributed by atoms with E-state index in [9.17, 15) is 0 Å². The van der Waals surface area contributed by atoms with Crippen LogP contribution in [0.25, 0.3) is 0 Å². The van der Waals surface area contributed by atoms with Crippen molar-refractivity contribution in [2.45, 2.75) is 58.7 Å². The first kappa shape index (κ1) is 20.7. The Hall–Kier alpha value is -1.58. The molecule has 3 rings (SSSR count). The summed E-state index contributed by atoms with van der Waals surface area (Å²) in [7, 11) is 4.04. The number of halogens is 1. The molecule has 0 amide bonds. The van der Waals surface area contributed by atoms with Crippen molar-refractivity contribution < 1.29 is 4.42 Å². The minimum atomic E-state index is 0. The van der Waals surface area contributed by atoms with Gasteiger partial charge in [0.15, 0.2) is 11.8 Å². The Bertz CT molecular complexity index is 732. The van der Waals surface area contributed by atoms with Gasteiger partial charge in [0.2, 0.25) is 0 Å². The molecule has 0 unspecified atom stereocenters. The van der Waals surface area contributed by atoms with Crippen LogP contribution >= 0.6 is 24.0 Å². The van der Waals surface area contributed by atoms with Gasteiger partial charge in [0, 0.05) is 32.2 Å². The van der Waals surface area contributed by atoms with Crippen LogP contribution in [0.3, 0.4) is 0 Å². The number of nitrogens with zero attached hydrogens (tertiary/aromatic N) is 5. The number of aliphatic imine (C=N–C) groups is 1. The van der Waals surface area contributed by atoms with Gasteiger partial charge in [-0.2, -0.15) is 0 Å². The van der Waals surface area contributed by atoms with Gasteiger partial charge in [0.25, 0.3) is 0 Å². The summed E-state index contributed by atoms with van der Waals surface area (Å²) < 4.78 is 7.40. The second-order valence-corrected chi connectivity index (χ2v) is 6.85. The molecule has 0 saturated heterocycles. The van der Waals surface area contributed by atoms with E-state index < -0.39 is 0 Å². The van der Waals surface area contributed by atoms with Crippen LogP contribution < -0.4 is 5.32 Å². The molecule has 2 aromatic heterocycles. The maximum Gasteiger partial charge on any atom is 0.194 e. The van der Waals surface area contributed by atoms with Crippen molar-refractivity contribution >= 4 is 29.9 Å². The fraction of sp³-hybridized carbons (Fsp3) is 0.611. The smallest absolute Gasteiger partial charge is 0.194 e. The first-order chi connectivity index (χ1) is 12.0. The molecule has 1 aliphatic rings. The number of guanidine groups is 1. The number of hydrogen-bond donors (Lipinski definition) is 1. The predicted octanol–water partition coefficient (Wildman–Crippen LogP) is 3.16. The van der Waals surface area contributed by atoms with E-state index in [1.54, 1.807) is 6.26 Å². The van der Waals surface area contributed by atoms with Crippen molar-refractivity contribution in [3.8, 4) is 0 Å². The molecule has 0 radical (unpaired) electrons. The summed E-state index contributed by atoms with van der Waals surface area (Å²) >= 11 is 0. The highest BCUT2D eigenvalue weighted by Crippen LogP contribution is 2.18. The minimum Gasteiger partial charge on any atom is -0.469 e. The third kappa shape index (κ3) is 4.99. The molecule has 1 fully saturated rings. The monoisotopic (exact) mass is 472 g/mol. The molecule has 144 valence electrons. The van der Waals surface area contributed by atoms with Crippen molar-refractivity contribution in [2.75, 3.05) is 7.05 Å². The lowest BCUT2D eigenvalue weighted by Gasteiger charge is -2.25. The Morgan fingerprint density at radius 3 is 2.65 bits per heavy atom. The Morgan fingerprint density at radius 1 is 1.35 bits per heavy atom. The highest BCUT2D eigenvalue weighted by Gasteiger charge is 2.19. The summed E-state index contributed by atoms with van der Waals surface area (Å²) in [5.41, 5.74) is 1.18. The van der Waals surface area contributed by atoms with Crippen molar-refractivity contribution in [3.63, 3.8) is 0 Å². The van der Waals surface area contributed by atoms with Crippen molar-refractivity contribution in [3.05, 3.63) is 35.3 Å². The van der Waals surface area contributed by atoms with E-state index in [-0.39, 0.29) is 24.0 Å². The average molecular weight is 472 g/mol. The second kappa shape index (κ2) is 9.38. The van der Waals surface area contributed by atoms with E-state index in [1.807, 2.05) is 31.5 Å². The first-order valence-corrected chi connectivity index (χ1v) is 8.94. The lowest BCUT2D eigenvalue weighted by atomic mass is 10.2. The quantitative estimate of drug-likeness (QED) is 0.411. The van der Waals surface area contributed by atoms with Gasteiger partial charge in [0.1, 0.15) is 18.1 Å². The molecule has 26 heavy (non-hydrogen) atoms. The summed E-state index contributed by atoms with van der Waals surface area (Å²) in [6.07, 6.45) is 6.74. The molecule has 0 atom stereocenters. The zero-order valence-electron chi connectivity index (χ0n) is 16.0. The van der Waals surface area contributed by atoms with E-state index >= 15 is 0 Å². The molecular formula is C18H29IN6O. The van der Waals surface area contributed by atoms with E-state index in [2.05, 4.69) is 27.5 Å². The Morgan fingerprint density at radius 2 is 2.08 bits per heavy atom. The van der Waals surface area contributed by atoms with E-state index in [0.29, 0.717) is 12.6 Å². The second-order valence-electron chi connectivity index (χ2n) is 6.85. The van der Waals surface area contributed by atoms with E-state index in [0.717, 1.165) is 29.9 Å². The minimum absolute atomic E-state index is 0. The van der Waals surface area contributed by atoms with Crippen molar-refractivity contribution in [1.82, 2.24) is 25.0 Å². The molecule has 1 aliphatic carbocycles. The first-order valence-electron chi connectivity index (χ1n) is 8.94. The number of rotatable bonds is 5. The molecule has 7 nitrogen and oxygen atoms in total. The van der Waals surface area contributed by atoms with Gasteiger partial charge >= 0.3 is 0 Å². The lowest BCUT2D eigenvalue weighted by Crippen LogP contribution is -2.43. The highest BCUT2D eigenvalue weighted by atomic mass is 127. The van der Waals surface area contributed by atoms with E-state index in [1.165, 1.54) is 31.2 Å². The molecule has 0 bridgehead atoms. The van der Waals surface area contributed by atoms with Crippen LogP contribution in [0.4, 0.5) is 0 Å². The Balaban J connectivity index is 0.00000243. The summed E-state index contributed by atoms with van der Waals surface area (Å²) in [5.74, 6) is 3.64. The summed E-state index contributed by atoms with van der Waals surface area (Å²) in [4.78, 5) is 6.97. The molecule has 2 heterocycles. The molecule has 0 spiro atoms. The molecular weight excluding hydrogens is 443 g/mol. The van der Waals surface area contributed by atoms with E-state index in [4.69, 9.17) is 9.41 Å². The largest absolute Gasteiger partial charge is 0.469 e. The van der Waals surface area contributed by atoms with Crippen LogP contribution in [-0.2, 0) is 20.1 Å². The van der Waals surface area contributed by atoms with Crippen LogP contribution in [0.5, 0.6) is 0 Å². The molecule has 1 N–H and O–H groups in total. The van der Waals surface area contributed by atoms with Gasteiger partial charge in [-0.15, -0.1) is 34.2 Å². The third-order valence-electron chi connectivity index (χ3n) is 4.98. The molecule has 0 aromatic carbocycles. The Kier molecular flexibility index (Phi) is 7.48. The van der Waals surface area contributed by atoms with Gasteiger partial charge in [-0.05, 0) is 32.8 Å². The standard InChI is InChI=1S/C18H28N6O.HI/c1-13-15(9-10-25-13)12-23(3)18(20-16-7-5-6-8-16)19-11-17-22-21-14(2)24(17)4;/h9-10,16H,5-8,11-12H2,1-4H3,(H,19,20);1H.